The highest BCUT2D eigenvalue weighted by Crippen LogP contribution is 2.29. The van der Waals surface area contributed by atoms with Gasteiger partial charge in [-0.25, -0.2) is 0 Å². The Labute approximate surface area is 182 Å². The number of thioether (sulfide) groups is 1. The number of hydrogen-bond acceptors (Lipinski definition) is 5. The largest absolute Gasteiger partial charge is 0.493 e. The fourth-order valence-corrected chi connectivity index (χ4v) is 4.07. The number of benzene rings is 2. The molecule has 0 atom stereocenters. The van der Waals surface area contributed by atoms with E-state index in [1.54, 1.807) is 18.0 Å². The van der Waals surface area contributed by atoms with Crippen LogP contribution < -0.4 is 4.74 Å². The van der Waals surface area contributed by atoms with Gasteiger partial charge >= 0.3 is 0 Å². The Hall–Kier alpha value is -2.64. The van der Waals surface area contributed by atoms with Gasteiger partial charge in [0.25, 0.3) is 0 Å². The number of aryl methyl sites for hydroxylation is 1. The quantitative estimate of drug-likeness (QED) is 0.263. The van der Waals surface area contributed by atoms with Crippen LogP contribution in [0.25, 0.3) is 17.1 Å². The first-order valence-corrected chi connectivity index (χ1v) is 10.9. The predicted molar refractivity (Wildman–Crippen MR) is 120 cm³/mol. The van der Waals surface area contributed by atoms with Crippen molar-refractivity contribution in [1.29, 1.82) is 0 Å². The number of aromatic nitrogens is 4. The fourth-order valence-electron chi connectivity index (χ4n) is 2.93. The third kappa shape index (κ3) is 4.68. The molecule has 0 saturated carbocycles. The molecule has 0 radical (unpaired) electrons. The molecule has 4 aromatic rings. The van der Waals surface area contributed by atoms with Crippen molar-refractivity contribution in [3.63, 3.8) is 0 Å². The maximum absolute atomic E-state index is 5.85. The number of rotatable bonds is 7. The van der Waals surface area contributed by atoms with Gasteiger partial charge in [-0.3, -0.25) is 9.55 Å². The lowest BCUT2D eigenvalue weighted by atomic mass is 10.2. The van der Waals surface area contributed by atoms with Gasteiger partial charge in [0.2, 0.25) is 0 Å². The number of ether oxygens (including phenoxy) is 1. The Kier molecular flexibility index (Phi) is 6.27. The molecule has 2 heterocycles. The molecule has 0 amide bonds. The molecule has 0 aliphatic carbocycles. The Morgan fingerprint density at radius 1 is 1.03 bits per heavy atom. The van der Waals surface area contributed by atoms with Gasteiger partial charge in [0.05, 0.1) is 12.3 Å². The van der Waals surface area contributed by atoms with Gasteiger partial charge in [-0.15, -0.1) is 10.2 Å². The second kappa shape index (κ2) is 9.24. The summed E-state index contributed by atoms with van der Waals surface area (Å²) in [6.07, 6.45) is 3.57. The number of nitrogens with zero attached hydrogens (tertiary/aromatic N) is 4. The SMILES string of the molecule is Cc1ccccc1-n1c(SCCOc2cccc(Br)c2)nnc1-c1cccnc1. The van der Waals surface area contributed by atoms with E-state index in [9.17, 15) is 0 Å². The van der Waals surface area contributed by atoms with Crippen molar-refractivity contribution in [3.05, 3.63) is 83.1 Å². The van der Waals surface area contributed by atoms with E-state index in [1.165, 1.54) is 0 Å². The second-order valence-corrected chi connectivity index (χ2v) is 8.30. The lowest BCUT2D eigenvalue weighted by Crippen LogP contribution is -2.04. The molecule has 0 N–H and O–H groups in total. The fraction of sp³-hybridized carbons (Fsp3) is 0.136. The van der Waals surface area contributed by atoms with Crippen LogP contribution in [0, 0.1) is 6.92 Å². The van der Waals surface area contributed by atoms with Gasteiger partial charge in [0.15, 0.2) is 11.0 Å². The van der Waals surface area contributed by atoms with Crippen LogP contribution in [0.15, 0.2) is 82.7 Å². The smallest absolute Gasteiger partial charge is 0.196 e. The maximum atomic E-state index is 5.85. The molecular weight excluding hydrogens is 448 g/mol. The van der Waals surface area contributed by atoms with E-state index in [2.05, 4.69) is 54.7 Å². The summed E-state index contributed by atoms with van der Waals surface area (Å²) in [6, 6.07) is 20.0. The first-order valence-electron chi connectivity index (χ1n) is 9.15. The molecule has 0 saturated heterocycles. The van der Waals surface area contributed by atoms with E-state index in [0.29, 0.717) is 6.61 Å². The average Bonchev–Trinajstić information content (AvgIpc) is 3.16. The van der Waals surface area contributed by atoms with Crippen molar-refractivity contribution < 1.29 is 4.74 Å². The number of halogens is 1. The molecule has 146 valence electrons. The molecule has 29 heavy (non-hydrogen) atoms. The summed E-state index contributed by atoms with van der Waals surface area (Å²) in [4.78, 5) is 4.23. The van der Waals surface area contributed by atoms with Gasteiger partial charge in [0.1, 0.15) is 5.75 Å². The van der Waals surface area contributed by atoms with Crippen molar-refractivity contribution in [2.24, 2.45) is 0 Å². The topological polar surface area (TPSA) is 52.8 Å². The summed E-state index contributed by atoms with van der Waals surface area (Å²) < 4.78 is 8.95. The molecule has 0 fully saturated rings. The highest BCUT2D eigenvalue weighted by molar-refractivity contribution is 9.10. The first kappa shape index (κ1) is 19.7. The maximum Gasteiger partial charge on any atom is 0.196 e. The van der Waals surface area contributed by atoms with Crippen LogP contribution in [0.2, 0.25) is 0 Å². The Morgan fingerprint density at radius 3 is 2.72 bits per heavy atom. The van der Waals surface area contributed by atoms with Crippen LogP contribution in [0.3, 0.4) is 0 Å². The molecule has 0 unspecified atom stereocenters. The minimum absolute atomic E-state index is 0.573. The Morgan fingerprint density at radius 2 is 1.93 bits per heavy atom. The van der Waals surface area contributed by atoms with Crippen molar-refractivity contribution in [1.82, 2.24) is 19.7 Å². The standard InChI is InChI=1S/C22H19BrN4OS/c1-16-6-2-3-10-20(16)27-21(17-7-5-11-24-15-17)25-26-22(27)29-13-12-28-19-9-4-8-18(23)14-19/h2-11,14-15H,12-13H2,1H3. The molecule has 4 rings (SSSR count). The molecule has 0 aliphatic rings. The molecule has 0 aliphatic heterocycles. The average molecular weight is 467 g/mol. The Balaban J connectivity index is 1.57. The normalized spacial score (nSPS) is 10.8. The highest BCUT2D eigenvalue weighted by Gasteiger charge is 2.17. The number of para-hydroxylation sites is 1. The van der Waals surface area contributed by atoms with Crippen molar-refractivity contribution in [2.45, 2.75) is 12.1 Å². The van der Waals surface area contributed by atoms with E-state index < -0.39 is 0 Å². The van der Waals surface area contributed by atoms with Crippen LogP contribution >= 0.6 is 27.7 Å². The zero-order valence-electron chi connectivity index (χ0n) is 15.8. The summed E-state index contributed by atoms with van der Waals surface area (Å²) in [6.45, 7) is 2.66. The first-order chi connectivity index (χ1) is 14.2. The summed E-state index contributed by atoms with van der Waals surface area (Å²) >= 11 is 5.08. The van der Waals surface area contributed by atoms with Gasteiger partial charge in [-0.05, 0) is 48.9 Å². The second-order valence-electron chi connectivity index (χ2n) is 6.32. The zero-order chi connectivity index (χ0) is 20.1. The molecular formula is C22H19BrN4OS. The van der Waals surface area contributed by atoms with E-state index >= 15 is 0 Å². The molecule has 2 aromatic heterocycles. The highest BCUT2D eigenvalue weighted by atomic mass is 79.9. The number of hydrogen-bond donors (Lipinski definition) is 0. The minimum atomic E-state index is 0.573. The minimum Gasteiger partial charge on any atom is -0.493 e. The third-order valence-corrected chi connectivity index (χ3v) is 5.68. The number of pyridine rings is 1. The van der Waals surface area contributed by atoms with E-state index in [4.69, 9.17) is 4.74 Å². The van der Waals surface area contributed by atoms with Crippen molar-refractivity contribution >= 4 is 27.7 Å². The summed E-state index contributed by atoms with van der Waals surface area (Å²) in [5.41, 5.74) is 3.15. The Bertz CT molecular complexity index is 1100. The predicted octanol–water partition coefficient (Wildman–Crippen LogP) is 5.57. The molecule has 5 nitrogen and oxygen atoms in total. The van der Waals surface area contributed by atoms with Crippen molar-refractivity contribution in [2.75, 3.05) is 12.4 Å². The van der Waals surface area contributed by atoms with Gasteiger partial charge < -0.3 is 4.74 Å². The molecule has 0 bridgehead atoms. The lowest BCUT2D eigenvalue weighted by molar-refractivity contribution is 0.343. The zero-order valence-corrected chi connectivity index (χ0v) is 18.2. The summed E-state index contributed by atoms with van der Waals surface area (Å²) in [7, 11) is 0. The third-order valence-electron chi connectivity index (χ3n) is 4.29. The lowest BCUT2D eigenvalue weighted by Gasteiger charge is -2.13. The van der Waals surface area contributed by atoms with Crippen molar-refractivity contribution in [3.8, 4) is 22.8 Å². The van der Waals surface area contributed by atoms with Gasteiger partial charge in [-0.2, -0.15) is 0 Å². The van der Waals surface area contributed by atoms with Crippen LogP contribution in [0.5, 0.6) is 5.75 Å². The van der Waals surface area contributed by atoms with Crippen LogP contribution in [-0.2, 0) is 0 Å². The van der Waals surface area contributed by atoms with Gasteiger partial charge in [0, 0.05) is 28.2 Å². The monoisotopic (exact) mass is 466 g/mol. The van der Waals surface area contributed by atoms with E-state index in [0.717, 1.165) is 43.8 Å². The molecule has 0 spiro atoms. The van der Waals surface area contributed by atoms with Crippen LogP contribution in [0.1, 0.15) is 5.56 Å². The summed E-state index contributed by atoms with van der Waals surface area (Å²) in [5.74, 6) is 2.38. The van der Waals surface area contributed by atoms with Crippen LogP contribution in [-0.4, -0.2) is 32.1 Å². The molecule has 7 heteroatoms. The van der Waals surface area contributed by atoms with Crippen LogP contribution in [0.4, 0.5) is 0 Å². The van der Waals surface area contributed by atoms with E-state index in [-0.39, 0.29) is 0 Å². The summed E-state index contributed by atoms with van der Waals surface area (Å²) in [5, 5.41) is 9.74. The molecule has 2 aromatic carbocycles. The van der Waals surface area contributed by atoms with E-state index in [1.807, 2.05) is 54.7 Å². The van der Waals surface area contributed by atoms with Gasteiger partial charge in [-0.1, -0.05) is 52.0 Å².